The summed E-state index contributed by atoms with van der Waals surface area (Å²) in [5, 5.41) is 14.8. The lowest BCUT2D eigenvalue weighted by Gasteiger charge is -2.28. The Morgan fingerprint density at radius 3 is 1.93 bits per heavy atom. The fourth-order valence-corrected chi connectivity index (χ4v) is 3.76. The number of nitrogens with zero attached hydrogens (tertiary/aromatic N) is 2. The van der Waals surface area contributed by atoms with Crippen LogP contribution < -0.4 is 4.90 Å². The van der Waals surface area contributed by atoms with E-state index >= 15 is 0 Å². The zero-order valence-corrected chi connectivity index (χ0v) is 17.7. The van der Waals surface area contributed by atoms with Gasteiger partial charge in [-0.05, 0) is 62.3 Å². The Kier molecular flexibility index (Phi) is 9.37. The maximum Gasteiger partial charge on any atom is 0.414 e. The monoisotopic (exact) mass is 430 g/mol. The molecule has 0 spiro atoms. The molecule has 1 saturated heterocycles. The zero-order valence-electron chi connectivity index (χ0n) is 16.9. The van der Waals surface area contributed by atoms with Gasteiger partial charge in [0.1, 0.15) is 0 Å². The van der Waals surface area contributed by atoms with E-state index in [1.54, 1.807) is 16.7 Å². The molecule has 3 rings (SSSR count). The van der Waals surface area contributed by atoms with Crippen molar-refractivity contribution < 1.29 is 24.6 Å². The van der Waals surface area contributed by atoms with Gasteiger partial charge in [-0.2, -0.15) is 0 Å². The van der Waals surface area contributed by atoms with Crippen LogP contribution in [0, 0.1) is 0 Å². The van der Waals surface area contributed by atoms with E-state index in [-0.39, 0.29) is 5.91 Å². The third-order valence-electron chi connectivity index (χ3n) is 4.57. The van der Waals surface area contributed by atoms with Gasteiger partial charge in [-0.25, -0.2) is 9.59 Å². The normalized spacial score (nSPS) is 13.6. The highest BCUT2D eigenvalue weighted by Crippen LogP contribution is 2.28. The molecule has 0 unspecified atom stereocenters. The van der Waals surface area contributed by atoms with E-state index in [2.05, 4.69) is 29.2 Å². The number of carbonyl (C=O) groups is 3. The number of likely N-dealkylation sites (N-methyl/N-ethyl adjacent to an activating group) is 1. The van der Waals surface area contributed by atoms with Crippen molar-refractivity contribution in [3.8, 4) is 0 Å². The predicted octanol–water partition coefficient (Wildman–Crippen LogP) is 3.44. The average molecular weight is 431 g/mol. The van der Waals surface area contributed by atoms with Crippen LogP contribution in [0.15, 0.2) is 64.4 Å². The van der Waals surface area contributed by atoms with E-state index in [0.717, 1.165) is 18.8 Å². The molecule has 2 aromatic rings. The van der Waals surface area contributed by atoms with Crippen molar-refractivity contribution in [2.75, 3.05) is 31.6 Å². The number of carbonyl (C=O) groups excluding carboxylic acids is 1. The minimum absolute atomic E-state index is 0.167. The lowest BCUT2D eigenvalue weighted by Crippen LogP contribution is -2.40. The van der Waals surface area contributed by atoms with Crippen molar-refractivity contribution in [1.29, 1.82) is 0 Å². The van der Waals surface area contributed by atoms with Crippen molar-refractivity contribution >= 4 is 35.3 Å². The molecular weight excluding hydrogens is 404 g/mol. The van der Waals surface area contributed by atoms with E-state index in [1.807, 2.05) is 37.4 Å². The topological polar surface area (TPSA) is 98.2 Å². The van der Waals surface area contributed by atoms with E-state index in [1.165, 1.54) is 29.1 Å². The first kappa shape index (κ1) is 23.4. The summed E-state index contributed by atoms with van der Waals surface area (Å²) in [5.74, 6) is -3.48. The molecule has 2 aromatic carbocycles. The van der Waals surface area contributed by atoms with Crippen molar-refractivity contribution in [1.82, 2.24) is 4.90 Å². The van der Waals surface area contributed by atoms with Gasteiger partial charge in [-0.1, -0.05) is 36.4 Å². The second-order valence-corrected chi connectivity index (χ2v) is 7.96. The second kappa shape index (κ2) is 12.0. The Hall–Kier alpha value is -2.84. The first-order valence-corrected chi connectivity index (χ1v) is 10.5. The number of benzene rings is 2. The van der Waals surface area contributed by atoms with Crippen LogP contribution in [0.2, 0.25) is 0 Å². The van der Waals surface area contributed by atoms with Crippen molar-refractivity contribution in [3.05, 3.63) is 54.6 Å². The minimum atomic E-state index is -1.82. The van der Waals surface area contributed by atoms with Crippen molar-refractivity contribution in [2.24, 2.45) is 0 Å². The molecule has 0 aliphatic carbocycles. The van der Waals surface area contributed by atoms with Gasteiger partial charge in [-0.3, -0.25) is 9.69 Å². The summed E-state index contributed by atoms with van der Waals surface area (Å²) in [6, 6.07) is 18.5. The molecule has 1 aliphatic heterocycles. The molecule has 2 N–H and O–H groups in total. The molecule has 160 valence electrons. The Morgan fingerprint density at radius 1 is 0.867 bits per heavy atom. The standard InChI is InChI=1S/C20H24N2OS.C2H2O4/c1-21(20(23)16-22-14-6-3-7-15-22)17-10-12-19(13-11-17)24-18-8-4-2-5-9-18;3-1(4)2(5)6/h2,4-5,8-13H,3,6-7,14-16H2,1H3;(H,3,4)(H,5,6). The van der Waals surface area contributed by atoms with E-state index in [9.17, 15) is 4.79 Å². The Bertz CT molecular complexity index is 824. The number of piperidine rings is 1. The van der Waals surface area contributed by atoms with Gasteiger partial charge in [0.2, 0.25) is 5.91 Å². The number of likely N-dealkylation sites (tertiary alicyclic amines) is 1. The highest BCUT2D eigenvalue weighted by Gasteiger charge is 2.17. The van der Waals surface area contributed by atoms with Gasteiger partial charge < -0.3 is 15.1 Å². The van der Waals surface area contributed by atoms with Gasteiger partial charge in [0, 0.05) is 22.5 Å². The molecule has 0 radical (unpaired) electrons. The third kappa shape index (κ3) is 7.88. The zero-order chi connectivity index (χ0) is 21.9. The predicted molar refractivity (Wildman–Crippen MR) is 116 cm³/mol. The van der Waals surface area contributed by atoms with Crippen LogP contribution in [0.1, 0.15) is 19.3 Å². The number of carboxylic acid groups (broad SMARTS) is 2. The number of hydrogen-bond donors (Lipinski definition) is 2. The Balaban J connectivity index is 0.000000469. The number of aliphatic carboxylic acids is 2. The third-order valence-corrected chi connectivity index (χ3v) is 5.58. The number of hydrogen-bond acceptors (Lipinski definition) is 5. The molecule has 0 saturated carbocycles. The quantitative estimate of drug-likeness (QED) is 0.701. The number of carboxylic acids is 2. The Labute approximate surface area is 180 Å². The fraction of sp³-hybridized carbons (Fsp3) is 0.318. The molecule has 8 heteroatoms. The molecule has 1 fully saturated rings. The summed E-state index contributed by atoms with van der Waals surface area (Å²) < 4.78 is 0. The molecular formula is C22H26N2O5S. The van der Waals surface area contributed by atoms with Gasteiger partial charge in [-0.15, -0.1) is 0 Å². The van der Waals surface area contributed by atoms with Crippen LogP contribution in [0.25, 0.3) is 0 Å². The Morgan fingerprint density at radius 2 is 1.40 bits per heavy atom. The summed E-state index contributed by atoms with van der Waals surface area (Å²) in [6.07, 6.45) is 3.71. The number of amides is 1. The fourth-order valence-electron chi connectivity index (χ4n) is 2.92. The first-order chi connectivity index (χ1) is 14.4. The molecule has 30 heavy (non-hydrogen) atoms. The molecule has 0 aromatic heterocycles. The van der Waals surface area contributed by atoms with Crippen molar-refractivity contribution in [3.63, 3.8) is 0 Å². The van der Waals surface area contributed by atoms with Gasteiger partial charge in [0.15, 0.2) is 0 Å². The highest BCUT2D eigenvalue weighted by molar-refractivity contribution is 7.99. The SMILES string of the molecule is CN(C(=O)CN1CCCCC1)c1ccc(Sc2ccccc2)cc1.O=C(O)C(=O)O. The maximum atomic E-state index is 12.5. The highest BCUT2D eigenvalue weighted by atomic mass is 32.2. The van der Waals surface area contributed by atoms with Gasteiger partial charge >= 0.3 is 11.9 Å². The van der Waals surface area contributed by atoms with Crippen LogP contribution in [0.4, 0.5) is 5.69 Å². The van der Waals surface area contributed by atoms with Crippen LogP contribution in [-0.4, -0.2) is 59.6 Å². The van der Waals surface area contributed by atoms with Crippen LogP contribution in [-0.2, 0) is 14.4 Å². The molecule has 0 atom stereocenters. The number of anilines is 1. The number of rotatable bonds is 5. The molecule has 0 bridgehead atoms. The lowest BCUT2D eigenvalue weighted by molar-refractivity contribution is -0.159. The van der Waals surface area contributed by atoms with Crippen molar-refractivity contribution in [2.45, 2.75) is 29.1 Å². The maximum absolute atomic E-state index is 12.5. The summed E-state index contributed by atoms with van der Waals surface area (Å²) in [4.78, 5) is 37.1. The summed E-state index contributed by atoms with van der Waals surface area (Å²) >= 11 is 1.73. The summed E-state index contributed by atoms with van der Waals surface area (Å²) in [6.45, 7) is 2.62. The van der Waals surface area contributed by atoms with E-state index in [4.69, 9.17) is 19.8 Å². The minimum Gasteiger partial charge on any atom is -0.473 e. The second-order valence-electron chi connectivity index (χ2n) is 6.81. The van der Waals surface area contributed by atoms with Crippen LogP contribution in [0.3, 0.4) is 0 Å². The molecule has 7 nitrogen and oxygen atoms in total. The largest absolute Gasteiger partial charge is 0.473 e. The molecule has 1 aliphatic rings. The molecule has 1 amide bonds. The van der Waals surface area contributed by atoms with Gasteiger partial charge in [0.25, 0.3) is 0 Å². The average Bonchev–Trinajstić information content (AvgIpc) is 2.75. The smallest absolute Gasteiger partial charge is 0.414 e. The first-order valence-electron chi connectivity index (χ1n) is 9.65. The van der Waals surface area contributed by atoms with Crippen LogP contribution in [0.5, 0.6) is 0 Å². The molecule has 1 heterocycles. The summed E-state index contributed by atoms with van der Waals surface area (Å²) in [7, 11) is 1.87. The van der Waals surface area contributed by atoms with Gasteiger partial charge in [0.05, 0.1) is 6.54 Å². The van der Waals surface area contributed by atoms with E-state index < -0.39 is 11.9 Å². The van der Waals surface area contributed by atoms with E-state index in [0.29, 0.717) is 6.54 Å². The summed E-state index contributed by atoms with van der Waals surface area (Å²) in [5.41, 5.74) is 0.953. The lowest BCUT2D eigenvalue weighted by atomic mass is 10.1. The van der Waals surface area contributed by atoms with Crippen LogP contribution >= 0.6 is 11.8 Å².